The van der Waals surface area contributed by atoms with E-state index in [-0.39, 0.29) is 12.3 Å². The summed E-state index contributed by atoms with van der Waals surface area (Å²) in [5.41, 5.74) is 5.05. The van der Waals surface area contributed by atoms with Crippen molar-refractivity contribution in [3.63, 3.8) is 0 Å². The summed E-state index contributed by atoms with van der Waals surface area (Å²) in [6.07, 6.45) is 0. The fourth-order valence-electron chi connectivity index (χ4n) is 7.14. The number of carbonyl (C=O) groups excluding carboxylic acids is 1. The number of imidazole rings is 1. The van der Waals surface area contributed by atoms with Crippen LogP contribution < -0.4 is 0 Å². The van der Waals surface area contributed by atoms with E-state index in [1.54, 1.807) is 13.8 Å². The molecule has 0 aliphatic heterocycles. The molecule has 54 heavy (non-hydrogen) atoms. The molecule has 0 amide bonds. The van der Waals surface area contributed by atoms with Crippen LogP contribution in [0.15, 0.2) is 145 Å². The number of rotatable bonds is 13. The molecule has 2 aromatic heterocycles. The van der Waals surface area contributed by atoms with Crippen molar-refractivity contribution in [2.75, 3.05) is 5.75 Å². The van der Waals surface area contributed by atoms with Crippen molar-refractivity contribution in [3.8, 4) is 22.5 Å². The van der Waals surface area contributed by atoms with E-state index >= 15 is 0 Å². The van der Waals surface area contributed by atoms with Crippen molar-refractivity contribution in [3.05, 3.63) is 173 Å². The van der Waals surface area contributed by atoms with Crippen molar-refractivity contribution in [2.45, 2.75) is 57.1 Å². The summed E-state index contributed by atoms with van der Waals surface area (Å²) in [6, 6.07) is 47.0. The molecule has 0 fully saturated rings. The van der Waals surface area contributed by atoms with E-state index in [1.807, 2.05) is 120 Å². The third-order valence-electron chi connectivity index (χ3n) is 9.46. The largest absolute Gasteiger partial charge is 0.456 e. The molecule has 7 aromatic rings. The SMILES string of the molecule is CCSc1nc(C(=O)OCc2ccc(-c3ccccc3-c3nnnn3C(c3ccccc3)(c3ccccc3)c3ccccc3)cc2)c(C(C)(C)O)n1CC. The minimum Gasteiger partial charge on any atom is -0.456 e. The zero-order valence-corrected chi connectivity index (χ0v) is 31.6. The van der Waals surface area contributed by atoms with E-state index in [4.69, 9.17) is 9.95 Å². The first kappa shape index (κ1) is 36.5. The molecular formula is C44H42N6O3S. The Labute approximate surface area is 319 Å². The van der Waals surface area contributed by atoms with Crippen LogP contribution in [-0.4, -0.2) is 46.6 Å². The van der Waals surface area contributed by atoms with Gasteiger partial charge >= 0.3 is 5.97 Å². The predicted octanol–water partition coefficient (Wildman–Crippen LogP) is 8.76. The van der Waals surface area contributed by atoms with Gasteiger partial charge in [0.2, 0.25) is 0 Å². The van der Waals surface area contributed by atoms with Gasteiger partial charge in [0.15, 0.2) is 16.7 Å². The van der Waals surface area contributed by atoms with Gasteiger partial charge in [-0.05, 0) is 70.3 Å². The van der Waals surface area contributed by atoms with Gasteiger partial charge in [-0.25, -0.2) is 14.5 Å². The molecule has 10 heteroatoms. The first-order chi connectivity index (χ1) is 26.3. The second-order valence-corrected chi connectivity index (χ2v) is 14.6. The van der Waals surface area contributed by atoms with Crippen LogP contribution in [0, 0.1) is 0 Å². The number of ether oxygens (including phenoxy) is 1. The molecule has 0 unspecified atom stereocenters. The molecule has 0 aliphatic carbocycles. The van der Waals surface area contributed by atoms with Gasteiger partial charge < -0.3 is 14.4 Å². The Morgan fingerprint density at radius 3 is 1.80 bits per heavy atom. The van der Waals surface area contributed by atoms with E-state index in [9.17, 15) is 9.90 Å². The van der Waals surface area contributed by atoms with E-state index in [1.165, 1.54) is 11.8 Å². The number of nitrogens with zero attached hydrogens (tertiary/aromatic N) is 6. The van der Waals surface area contributed by atoms with Crippen molar-refractivity contribution in [1.82, 2.24) is 29.8 Å². The molecule has 0 saturated heterocycles. The molecule has 1 N–H and O–H groups in total. The number of tetrazole rings is 1. The Bertz CT molecular complexity index is 2240. The first-order valence-electron chi connectivity index (χ1n) is 18.0. The van der Waals surface area contributed by atoms with Crippen LogP contribution in [-0.2, 0) is 29.0 Å². The van der Waals surface area contributed by atoms with Crippen LogP contribution in [0.25, 0.3) is 22.5 Å². The van der Waals surface area contributed by atoms with Gasteiger partial charge in [-0.15, -0.1) is 5.10 Å². The predicted molar refractivity (Wildman–Crippen MR) is 212 cm³/mol. The molecule has 0 bridgehead atoms. The Morgan fingerprint density at radius 2 is 1.28 bits per heavy atom. The zero-order valence-electron chi connectivity index (χ0n) is 30.8. The molecule has 272 valence electrons. The van der Waals surface area contributed by atoms with Gasteiger partial charge in [0.25, 0.3) is 0 Å². The lowest BCUT2D eigenvalue weighted by Gasteiger charge is -2.36. The van der Waals surface area contributed by atoms with Crippen LogP contribution in [0.5, 0.6) is 0 Å². The van der Waals surface area contributed by atoms with Crippen LogP contribution in [0.4, 0.5) is 0 Å². The maximum Gasteiger partial charge on any atom is 0.359 e. The summed E-state index contributed by atoms with van der Waals surface area (Å²) in [4.78, 5) is 18.0. The third-order valence-corrected chi connectivity index (χ3v) is 10.3. The molecule has 0 atom stereocenters. The van der Waals surface area contributed by atoms with Gasteiger partial charge in [0.1, 0.15) is 17.7 Å². The molecular weight excluding hydrogens is 693 g/mol. The standard InChI is InChI=1S/C44H42N6O3S/c1-5-49-39(43(3,4)52)38(45-42(49)54-6-2)41(51)53-30-31-26-28-32(29-27-31)36-24-16-17-25-37(36)40-46-47-48-50(40)44(33-18-10-7-11-19-33,34-20-12-8-13-21-34)35-22-14-9-15-23-35/h7-29,52H,5-6,30H2,1-4H3. The van der Waals surface area contributed by atoms with E-state index in [0.717, 1.165) is 44.7 Å². The average molecular weight is 735 g/mol. The average Bonchev–Trinajstić information content (AvgIpc) is 3.85. The normalized spacial score (nSPS) is 11.8. The minimum absolute atomic E-state index is 0.0489. The number of esters is 1. The fourth-order valence-corrected chi connectivity index (χ4v) is 7.93. The topological polar surface area (TPSA) is 108 Å². The van der Waals surface area contributed by atoms with Crippen molar-refractivity contribution < 1.29 is 14.6 Å². The summed E-state index contributed by atoms with van der Waals surface area (Å²) in [7, 11) is 0. The van der Waals surface area contributed by atoms with Gasteiger partial charge in [-0.1, -0.05) is 158 Å². The highest BCUT2D eigenvalue weighted by Crippen LogP contribution is 2.43. The lowest BCUT2D eigenvalue weighted by atomic mass is 9.77. The maximum atomic E-state index is 13.4. The lowest BCUT2D eigenvalue weighted by molar-refractivity contribution is 0.0421. The van der Waals surface area contributed by atoms with Gasteiger partial charge in [0.05, 0.1) is 5.69 Å². The molecule has 0 aliphatic rings. The Kier molecular flexibility index (Phi) is 10.6. The Morgan fingerprint density at radius 1 is 0.741 bits per heavy atom. The highest BCUT2D eigenvalue weighted by molar-refractivity contribution is 7.99. The summed E-state index contributed by atoms with van der Waals surface area (Å²) in [5, 5.41) is 25.4. The second kappa shape index (κ2) is 15.6. The zero-order chi connectivity index (χ0) is 37.7. The molecule has 7 rings (SSSR count). The number of thioether (sulfide) groups is 1. The Balaban J connectivity index is 1.24. The quantitative estimate of drug-likeness (QED) is 0.0712. The molecule has 9 nitrogen and oxygen atoms in total. The molecule has 5 aromatic carbocycles. The van der Waals surface area contributed by atoms with Crippen LogP contribution in [0.3, 0.4) is 0 Å². The highest BCUT2D eigenvalue weighted by atomic mass is 32.2. The molecule has 0 radical (unpaired) electrons. The summed E-state index contributed by atoms with van der Waals surface area (Å²) in [6.45, 7) is 7.94. The van der Waals surface area contributed by atoms with Crippen LogP contribution in [0.2, 0.25) is 0 Å². The smallest absolute Gasteiger partial charge is 0.359 e. The minimum atomic E-state index is -1.28. The lowest BCUT2D eigenvalue weighted by Crippen LogP contribution is -2.39. The van der Waals surface area contributed by atoms with Gasteiger partial charge in [-0.2, -0.15) is 0 Å². The summed E-state index contributed by atoms with van der Waals surface area (Å²) in [5.74, 6) is 0.821. The van der Waals surface area contributed by atoms with Crippen molar-refractivity contribution >= 4 is 17.7 Å². The number of aromatic nitrogens is 6. The number of hydrogen-bond donors (Lipinski definition) is 1. The number of aliphatic hydroxyl groups is 1. The number of benzene rings is 5. The van der Waals surface area contributed by atoms with E-state index in [0.29, 0.717) is 23.2 Å². The van der Waals surface area contributed by atoms with Crippen molar-refractivity contribution in [2.24, 2.45) is 0 Å². The molecule has 2 heterocycles. The van der Waals surface area contributed by atoms with Crippen LogP contribution in [0.1, 0.15) is 66.1 Å². The highest BCUT2D eigenvalue weighted by Gasteiger charge is 2.42. The van der Waals surface area contributed by atoms with E-state index < -0.39 is 17.1 Å². The molecule has 0 saturated carbocycles. The monoisotopic (exact) mass is 734 g/mol. The van der Waals surface area contributed by atoms with Crippen molar-refractivity contribution in [1.29, 1.82) is 0 Å². The first-order valence-corrected chi connectivity index (χ1v) is 19.0. The van der Waals surface area contributed by atoms with Gasteiger partial charge in [-0.3, -0.25) is 0 Å². The second-order valence-electron chi connectivity index (χ2n) is 13.4. The number of carbonyl (C=O) groups is 1. The maximum absolute atomic E-state index is 13.4. The number of hydrogen-bond acceptors (Lipinski definition) is 8. The fraction of sp³-hybridized carbons (Fsp3) is 0.205. The Hall–Kier alpha value is -5.84. The van der Waals surface area contributed by atoms with Gasteiger partial charge in [0, 0.05) is 12.1 Å². The third kappa shape index (κ3) is 6.86. The van der Waals surface area contributed by atoms with E-state index in [2.05, 4.69) is 57.8 Å². The summed E-state index contributed by atoms with van der Waals surface area (Å²) >= 11 is 1.53. The summed E-state index contributed by atoms with van der Waals surface area (Å²) < 4.78 is 9.61. The van der Waals surface area contributed by atoms with Crippen LogP contribution >= 0.6 is 11.8 Å². The molecule has 0 spiro atoms.